The number of rotatable bonds is 7. The first-order valence-corrected chi connectivity index (χ1v) is 15.4. The van der Waals surface area contributed by atoms with Gasteiger partial charge in [0, 0.05) is 28.2 Å². The van der Waals surface area contributed by atoms with Gasteiger partial charge in [-0.3, -0.25) is 29.4 Å². The SMILES string of the molecule is CCOC(=O)COc1ccc([C@H]2c3sc(=O)[nH]c3SC3C2[C@H]2C[C@@H]3C3C(=O)N(c4ccc([N+](=O)[O-])cc4)C(=O)C32)cc1. The number of nitrogens with one attached hydrogen (secondary N) is 1. The summed E-state index contributed by atoms with van der Waals surface area (Å²) < 4.78 is 10.5. The highest BCUT2D eigenvalue weighted by molar-refractivity contribution is 8.00. The zero-order chi connectivity index (χ0) is 29.3. The number of aromatic nitrogens is 1. The van der Waals surface area contributed by atoms with Gasteiger partial charge >= 0.3 is 10.8 Å². The summed E-state index contributed by atoms with van der Waals surface area (Å²) in [5, 5.41) is 12.0. The van der Waals surface area contributed by atoms with Crippen LogP contribution in [0.4, 0.5) is 11.4 Å². The molecule has 2 aromatic carbocycles. The van der Waals surface area contributed by atoms with E-state index in [-0.39, 0.29) is 64.5 Å². The van der Waals surface area contributed by atoms with Gasteiger partial charge in [0.2, 0.25) is 11.8 Å². The van der Waals surface area contributed by atoms with Crippen molar-refractivity contribution in [2.24, 2.45) is 29.6 Å². The number of benzene rings is 2. The Morgan fingerprint density at radius 1 is 1.05 bits per heavy atom. The lowest BCUT2D eigenvalue weighted by atomic mass is 9.68. The van der Waals surface area contributed by atoms with Crippen molar-refractivity contribution in [2.75, 3.05) is 18.1 Å². The number of anilines is 1. The van der Waals surface area contributed by atoms with E-state index in [1.165, 1.54) is 40.5 Å². The second-order valence-corrected chi connectivity index (χ2v) is 13.1. The summed E-state index contributed by atoms with van der Waals surface area (Å²) in [7, 11) is 0. The molecule has 3 heterocycles. The van der Waals surface area contributed by atoms with Gasteiger partial charge in [0.05, 0.1) is 34.1 Å². The predicted molar refractivity (Wildman–Crippen MR) is 153 cm³/mol. The van der Waals surface area contributed by atoms with Crippen LogP contribution in [0.25, 0.3) is 0 Å². The number of ether oxygens (including phenoxy) is 2. The third kappa shape index (κ3) is 4.09. The van der Waals surface area contributed by atoms with E-state index in [0.717, 1.165) is 21.9 Å². The molecule has 1 saturated heterocycles. The van der Waals surface area contributed by atoms with Crippen LogP contribution in [0.2, 0.25) is 0 Å². The number of hydrogen-bond acceptors (Lipinski definition) is 10. The molecule has 7 atom stereocenters. The Labute approximate surface area is 247 Å². The number of aromatic amines is 1. The first kappa shape index (κ1) is 26.9. The van der Waals surface area contributed by atoms with Crippen molar-refractivity contribution < 1.29 is 28.8 Å². The second kappa shape index (κ2) is 10.1. The Kier molecular flexibility index (Phi) is 6.46. The molecule has 2 saturated carbocycles. The molecule has 1 aromatic heterocycles. The van der Waals surface area contributed by atoms with E-state index in [9.17, 15) is 29.3 Å². The normalized spacial score (nSPS) is 28.8. The van der Waals surface area contributed by atoms with Crippen molar-refractivity contribution in [1.82, 2.24) is 4.98 Å². The fourth-order valence-corrected chi connectivity index (χ4v) is 10.4. The average Bonchev–Trinajstić information content (AvgIpc) is 3.71. The Morgan fingerprint density at radius 3 is 2.40 bits per heavy atom. The number of imide groups is 1. The largest absolute Gasteiger partial charge is 0.482 e. The third-order valence-corrected chi connectivity index (χ3v) is 11.5. The van der Waals surface area contributed by atoms with Crippen molar-refractivity contribution >= 4 is 52.3 Å². The molecule has 2 aliphatic carbocycles. The van der Waals surface area contributed by atoms with Crippen LogP contribution in [-0.2, 0) is 19.1 Å². The van der Waals surface area contributed by atoms with E-state index in [0.29, 0.717) is 11.4 Å². The molecule has 42 heavy (non-hydrogen) atoms. The van der Waals surface area contributed by atoms with E-state index in [1.54, 1.807) is 30.8 Å². The van der Waals surface area contributed by atoms with Crippen LogP contribution in [0.15, 0.2) is 58.4 Å². The average molecular weight is 608 g/mol. The van der Waals surface area contributed by atoms with Gasteiger partial charge in [-0.2, -0.15) is 0 Å². The minimum atomic E-state index is -0.517. The summed E-state index contributed by atoms with van der Waals surface area (Å²) in [4.78, 5) is 67.3. The first-order valence-electron chi connectivity index (χ1n) is 13.7. The smallest absolute Gasteiger partial charge is 0.344 e. The number of hydrogen-bond donors (Lipinski definition) is 1. The summed E-state index contributed by atoms with van der Waals surface area (Å²) in [5.74, 6) is -1.62. The summed E-state index contributed by atoms with van der Waals surface area (Å²) in [6, 6.07) is 13.0. The molecule has 11 nitrogen and oxygen atoms in total. The highest BCUT2D eigenvalue weighted by Gasteiger charge is 2.69. The van der Waals surface area contributed by atoms with Gasteiger partial charge in [0.15, 0.2) is 6.61 Å². The molecule has 1 N–H and O–H groups in total. The summed E-state index contributed by atoms with van der Waals surface area (Å²) in [5.41, 5.74) is 1.21. The molecule has 2 amide bonds. The summed E-state index contributed by atoms with van der Waals surface area (Å²) in [6.07, 6.45) is 0.750. The van der Waals surface area contributed by atoms with Gasteiger partial charge in [-0.05, 0) is 60.9 Å². The second-order valence-electron chi connectivity index (χ2n) is 10.9. The van der Waals surface area contributed by atoms with Crippen molar-refractivity contribution in [2.45, 2.75) is 29.5 Å². The lowest BCUT2D eigenvalue weighted by molar-refractivity contribution is -0.384. The fraction of sp³-hybridized carbons (Fsp3) is 0.379. The number of nitrogens with zero attached hydrogens (tertiary/aromatic N) is 2. The summed E-state index contributed by atoms with van der Waals surface area (Å²) in [6.45, 7) is 1.80. The van der Waals surface area contributed by atoms with Crippen LogP contribution in [-0.4, -0.2) is 46.2 Å². The molecule has 7 rings (SSSR count). The number of non-ortho nitro benzene ring substituents is 1. The van der Waals surface area contributed by atoms with Gasteiger partial charge in [0.1, 0.15) is 5.75 Å². The molecule has 4 aliphatic rings. The molecule has 3 fully saturated rings. The molecule has 0 radical (unpaired) electrons. The van der Waals surface area contributed by atoms with Crippen LogP contribution in [0, 0.1) is 39.7 Å². The van der Waals surface area contributed by atoms with Crippen molar-refractivity contribution in [3.05, 3.63) is 78.8 Å². The third-order valence-electron chi connectivity index (χ3n) is 8.94. The zero-order valence-corrected chi connectivity index (χ0v) is 23.9. The fourth-order valence-electron chi connectivity index (χ4n) is 7.48. The number of carbonyl (C=O) groups is 3. The Hall–Kier alpha value is -3.97. The molecular formula is C29H25N3O8S2. The van der Waals surface area contributed by atoms with Gasteiger partial charge in [0.25, 0.3) is 5.69 Å². The molecule has 0 spiro atoms. The number of fused-ring (bicyclic) bond motifs is 9. The van der Waals surface area contributed by atoms with E-state index >= 15 is 0 Å². The number of amides is 2. The maximum absolute atomic E-state index is 13.8. The number of nitro benzene ring substituents is 1. The number of nitro groups is 1. The monoisotopic (exact) mass is 607 g/mol. The summed E-state index contributed by atoms with van der Waals surface area (Å²) >= 11 is 2.78. The van der Waals surface area contributed by atoms with Crippen molar-refractivity contribution in [1.29, 1.82) is 0 Å². The van der Waals surface area contributed by atoms with Gasteiger partial charge in [-0.15, -0.1) is 11.8 Å². The molecular weight excluding hydrogens is 582 g/mol. The van der Waals surface area contributed by atoms with Gasteiger partial charge in [-0.25, -0.2) is 4.79 Å². The molecule has 2 aliphatic heterocycles. The molecule has 3 aromatic rings. The standard InChI is InChI=1S/C29H25N3O8S2/c1-2-39-19(33)12-40-16-9-3-13(4-10-16)20-21-17-11-18(24(21)41-26-25(20)42-29(36)30-26)23-22(17)27(34)31(28(23)35)14-5-7-15(8-6-14)32(37)38/h3-10,17-18,20-24H,2,11-12H2,1H3,(H,30,36)/t17-,18-,20-,21?,22?,23?,24?/m1/s1. The molecule has 2 bridgehead atoms. The molecule has 4 unspecified atom stereocenters. The van der Waals surface area contributed by atoms with Crippen molar-refractivity contribution in [3.63, 3.8) is 0 Å². The Morgan fingerprint density at radius 2 is 1.74 bits per heavy atom. The van der Waals surface area contributed by atoms with Gasteiger partial charge < -0.3 is 14.5 Å². The quantitative estimate of drug-likeness (QED) is 0.182. The lowest BCUT2D eigenvalue weighted by Gasteiger charge is -2.43. The predicted octanol–water partition coefficient (Wildman–Crippen LogP) is 3.96. The topological polar surface area (TPSA) is 149 Å². The molecule has 13 heteroatoms. The lowest BCUT2D eigenvalue weighted by Crippen LogP contribution is -2.42. The minimum absolute atomic E-state index is 0.0278. The number of H-pyrrole nitrogens is 1. The Bertz CT molecular complexity index is 1670. The van der Waals surface area contributed by atoms with E-state index in [1.807, 2.05) is 12.1 Å². The van der Waals surface area contributed by atoms with E-state index in [2.05, 4.69) is 4.98 Å². The van der Waals surface area contributed by atoms with Gasteiger partial charge in [-0.1, -0.05) is 23.5 Å². The minimum Gasteiger partial charge on any atom is -0.482 e. The van der Waals surface area contributed by atoms with Crippen LogP contribution < -0.4 is 14.5 Å². The molecule has 216 valence electrons. The van der Waals surface area contributed by atoms with Crippen LogP contribution in [0.5, 0.6) is 5.75 Å². The number of carbonyl (C=O) groups excluding carboxylic acids is 3. The highest BCUT2D eigenvalue weighted by atomic mass is 32.2. The van der Waals surface area contributed by atoms with E-state index in [4.69, 9.17) is 9.47 Å². The zero-order valence-electron chi connectivity index (χ0n) is 22.3. The van der Waals surface area contributed by atoms with E-state index < -0.39 is 22.7 Å². The number of thiazole rings is 1. The highest BCUT2D eigenvalue weighted by Crippen LogP contribution is 2.68. The first-order chi connectivity index (χ1) is 20.3. The Balaban J connectivity index is 1.20. The van der Waals surface area contributed by atoms with Crippen LogP contribution in [0.3, 0.4) is 0 Å². The number of thioether (sulfide) groups is 1. The van der Waals surface area contributed by atoms with Crippen molar-refractivity contribution in [3.8, 4) is 5.75 Å². The maximum atomic E-state index is 13.8. The van der Waals surface area contributed by atoms with Crippen LogP contribution in [0.1, 0.15) is 29.7 Å². The number of esters is 1. The maximum Gasteiger partial charge on any atom is 0.344 e. The van der Waals surface area contributed by atoms with Crippen LogP contribution >= 0.6 is 23.1 Å².